The molecule has 112 valence electrons. The van der Waals surface area contributed by atoms with Gasteiger partial charge in [0, 0.05) is 5.02 Å². The summed E-state index contributed by atoms with van der Waals surface area (Å²) < 4.78 is 0. The summed E-state index contributed by atoms with van der Waals surface area (Å²) in [6, 6.07) is 7.06. The van der Waals surface area contributed by atoms with Crippen molar-refractivity contribution in [2.75, 3.05) is 13.1 Å². The van der Waals surface area contributed by atoms with Crippen molar-refractivity contribution in [3.63, 3.8) is 0 Å². The van der Waals surface area contributed by atoms with Crippen molar-refractivity contribution < 1.29 is 19.5 Å². The molecule has 1 aromatic carbocycles. The predicted molar refractivity (Wildman–Crippen MR) is 76.0 cm³/mol. The van der Waals surface area contributed by atoms with E-state index in [1.54, 1.807) is 24.3 Å². The molecule has 6 nitrogen and oxygen atoms in total. The fourth-order valence-electron chi connectivity index (χ4n) is 2.11. The first kappa shape index (κ1) is 15.3. The van der Waals surface area contributed by atoms with Crippen LogP contribution in [0.5, 0.6) is 0 Å². The zero-order valence-corrected chi connectivity index (χ0v) is 11.9. The number of hydrogen-bond acceptors (Lipinski definition) is 3. The lowest BCUT2D eigenvalue weighted by Crippen LogP contribution is -2.42. The number of nitrogens with one attached hydrogen (secondary N) is 2. The Morgan fingerprint density at radius 3 is 2.24 bits per heavy atom. The standard InChI is InChI=1S/C14H15ClN2O4/c15-10-3-1-9(2-4-10)14(5-6-14)13(21)17-7-11(18)16-8-12(19)20/h1-4H,5-8H2,(H,16,18)(H,17,21)(H,19,20). The Bertz CT molecular complexity index is 567. The minimum Gasteiger partial charge on any atom is -0.480 e. The molecule has 1 saturated carbocycles. The van der Waals surface area contributed by atoms with Crippen molar-refractivity contribution in [1.29, 1.82) is 0 Å². The summed E-state index contributed by atoms with van der Waals surface area (Å²) in [6.07, 6.45) is 1.44. The van der Waals surface area contributed by atoms with Crippen LogP contribution in [0.15, 0.2) is 24.3 Å². The third-order valence-corrected chi connectivity index (χ3v) is 3.68. The number of rotatable bonds is 6. The molecule has 0 aromatic heterocycles. The number of benzene rings is 1. The summed E-state index contributed by atoms with van der Waals surface area (Å²) in [5.74, 6) is -1.89. The summed E-state index contributed by atoms with van der Waals surface area (Å²) in [5.41, 5.74) is 0.285. The average Bonchev–Trinajstić information content (AvgIpc) is 3.25. The molecule has 0 heterocycles. The SMILES string of the molecule is O=C(O)CNC(=O)CNC(=O)C1(c2ccc(Cl)cc2)CC1. The van der Waals surface area contributed by atoms with E-state index >= 15 is 0 Å². The molecule has 0 unspecified atom stereocenters. The second kappa shape index (κ2) is 6.13. The molecular formula is C14H15ClN2O4. The van der Waals surface area contributed by atoms with Crippen molar-refractivity contribution in [3.8, 4) is 0 Å². The summed E-state index contributed by atoms with van der Waals surface area (Å²) in [7, 11) is 0. The third kappa shape index (κ3) is 3.72. The summed E-state index contributed by atoms with van der Waals surface area (Å²) >= 11 is 5.82. The van der Waals surface area contributed by atoms with Gasteiger partial charge in [-0.05, 0) is 30.5 Å². The van der Waals surface area contributed by atoms with Gasteiger partial charge in [0.25, 0.3) is 0 Å². The van der Waals surface area contributed by atoms with Gasteiger partial charge in [-0.1, -0.05) is 23.7 Å². The molecule has 0 bridgehead atoms. The molecule has 0 spiro atoms. The van der Waals surface area contributed by atoms with Crippen molar-refractivity contribution in [2.24, 2.45) is 0 Å². The van der Waals surface area contributed by atoms with Gasteiger partial charge >= 0.3 is 5.97 Å². The zero-order valence-electron chi connectivity index (χ0n) is 11.2. The first-order valence-electron chi connectivity index (χ1n) is 6.47. The van der Waals surface area contributed by atoms with Crippen LogP contribution in [0.3, 0.4) is 0 Å². The summed E-state index contributed by atoms with van der Waals surface area (Å²) in [6.45, 7) is -0.696. The van der Waals surface area contributed by atoms with Gasteiger partial charge in [0.05, 0.1) is 12.0 Å². The van der Waals surface area contributed by atoms with E-state index in [9.17, 15) is 14.4 Å². The number of carbonyl (C=O) groups is 3. The third-order valence-electron chi connectivity index (χ3n) is 3.43. The fraction of sp³-hybridized carbons (Fsp3) is 0.357. The molecule has 7 heteroatoms. The zero-order chi connectivity index (χ0) is 15.5. The lowest BCUT2D eigenvalue weighted by molar-refractivity contribution is -0.137. The van der Waals surface area contributed by atoms with Gasteiger partial charge in [-0.2, -0.15) is 0 Å². The second-order valence-corrected chi connectivity index (χ2v) is 5.38. The van der Waals surface area contributed by atoms with E-state index in [0.717, 1.165) is 18.4 Å². The average molecular weight is 311 g/mol. The highest BCUT2D eigenvalue weighted by molar-refractivity contribution is 6.30. The van der Waals surface area contributed by atoms with Crippen molar-refractivity contribution in [1.82, 2.24) is 10.6 Å². The maximum atomic E-state index is 12.2. The number of hydrogen-bond donors (Lipinski definition) is 3. The highest BCUT2D eigenvalue weighted by atomic mass is 35.5. The highest BCUT2D eigenvalue weighted by Crippen LogP contribution is 2.48. The molecule has 0 atom stereocenters. The van der Waals surface area contributed by atoms with E-state index in [-0.39, 0.29) is 12.5 Å². The van der Waals surface area contributed by atoms with E-state index in [2.05, 4.69) is 10.6 Å². The smallest absolute Gasteiger partial charge is 0.322 e. The van der Waals surface area contributed by atoms with Crippen LogP contribution in [0, 0.1) is 0 Å². The monoisotopic (exact) mass is 310 g/mol. The molecule has 2 rings (SSSR count). The second-order valence-electron chi connectivity index (χ2n) is 4.94. The molecule has 0 radical (unpaired) electrons. The van der Waals surface area contributed by atoms with E-state index < -0.39 is 23.8 Å². The van der Waals surface area contributed by atoms with E-state index in [0.29, 0.717) is 5.02 Å². The van der Waals surface area contributed by atoms with Crippen molar-refractivity contribution in [2.45, 2.75) is 18.3 Å². The predicted octanol–water partition coefficient (Wildman–Crippen LogP) is 0.689. The van der Waals surface area contributed by atoms with Gasteiger partial charge in [-0.15, -0.1) is 0 Å². The first-order valence-corrected chi connectivity index (χ1v) is 6.85. The topological polar surface area (TPSA) is 95.5 Å². The molecule has 21 heavy (non-hydrogen) atoms. The minimum atomic E-state index is -1.13. The number of carbonyl (C=O) groups excluding carboxylic acids is 2. The van der Waals surface area contributed by atoms with Crippen LogP contribution in [0.2, 0.25) is 5.02 Å². The molecule has 2 amide bonds. The van der Waals surface area contributed by atoms with Crippen LogP contribution in [0.25, 0.3) is 0 Å². The Labute approximate surface area is 126 Å². The van der Waals surface area contributed by atoms with Gasteiger partial charge in [0.15, 0.2) is 0 Å². The maximum absolute atomic E-state index is 12.2. The first-order chi connectivity index (χ1) is 9.94. The van der Waals surface area contributed by atoms with Crippen molar-refractivity contribution in [3.05, 3.63) is 34.9 Å². The minimum absolute atomic E-state index is 0.227. The Morgan fingerprint density at radius 1 is 1.10 bits per heavy atom. The lowest BCUT2D eigenvalue weighted by Gasteiger charge is -2.15. The molecule has 1 fully saturated rings. The Hall–Kier alpha value is -2.08. The van der Waals surface area contributed by atoms with Gasteiger partial charge < -0.3 is 15.7 Å². The molecule has 1 aromatic rings. The summed E-state index contributed by atoms with van der Waals surface area (Å²) in [5, 5.41) is 13.8. The van der Waals surface area contributed by atoms with Crippen LogP contribution < -0.4 is 10.6 Å². The van der Waals surface area contributed by atoms with E-state index in [4.69, 9.17) is 16.7 Å². The molecule has 1 aliphatic carbocycles. The molecule has 3 N–H and O–H groups in total. The van der Waals surface area contributed by atoms with Crippen molar-refractivity contribution >= 4 is 29.4 Å². The number of halogens is 1. The van der Waals surface area contributed by atoms with Crippen LogP contribution in [-0.4, -0.2) is 36.0 Å². The van der Waals surface area contributed by atoms with E-state index in [1.807, 2.05) is 0 Å². The number of amides is 2. The van der Waals surface area contributed by atoms with Crippen LogP contribution >= 0.6 is 11.6 Å². The lowest BCUT2D eigenvalue weighted by atomic mass is 9.95. The number of aliphatic carboxylic acids is 1. The number of carboxylic acids is 1. The Balaban J connectivity index is 1.90. The highest BCUT2D eigenvalue weighted by Gasteiger charge is 2.51. The van der Waals surface area contributed by atoms with Crippen LogP contribution in [0.1, 0.15) is 18.4 Å². The Kier molecular flexibility index (Phi) is 4.47. The molecule has 0 aliphatic heterocycles. The maximum Gasteiger partial charge on any atom is 0.322 e. The number of carboxylic acid groups (broad SMARTS) is 1. The fourth-order valence-corrected chi connectivity index (χ4v) is 2.23. The van der Waals surface area contributed by atoms with Crippen LogP contribution in [0.4, 0.5) is 0 Å². The van der Waals surface area contributed by atoms with Gasteiger partial charge in [-0.3, -0.25) is 14.4 Å². The van der Waals surface area contributed by atoms with Gasteiger partial charge in [0.2, 0.25) is 11.8 Å². The van der Waals surface area contributed by atoms with Gasteiger partial charge in [0.1, 0.15) is 6.54 Å². The normalized spacial score (nSPS) is 15.1. The van der Waals surface area contributed by atoms with E-state index in [1.165, 1.54) is 0 Å². The summed E-state index contributed by atoms with van der Waals surface area (Å²) in [4.78, 5) is 33.9. The molecule has 0 saturated heterocycles. The molecular weight excluding hydrogens is 296 g/mol. The largest absolute Gasteiger partial charge is 0.480 e. The van der Waals surface area contributed by atoms with Crippen LogP contribution in [-0.2, 0) is 19.8 Å². The quantitative estimate of drug-likeness (QED) is 0.720. The molecule has 1 aliphatic rings. The van der Waals surface area contributed by atoms with Gasteiger partial charge in [-0.25, -0.2) is 0 Å². The Morgan fingerprint density at radius 2 is 1.71 bits per heavy atom.